The van der Waals surface area contributed by atoms with E-state index in [0.29, 0.717) is 24.2 Å². The number of nitrogens with one attached hydrogen (secondary N) is 1. The minimum absolute atomic E-state index is 0.185. The number of hydrogen-bond donors (Lipinski definition) is 1. The van der Waals surface area contributed by atoms with Crippen molar-refractivity contribution < 1.29 is 14.4 Å². The number of aryl methyl sites for hydroxylation is 2. The Morgan fingerprint density at radius 1 is 0.966 bits per heavy atom. The highest BCUT2D eigenvalue weighted by Crippen LogP contribution is 2.36. The van der Waals surface area contributed by atoms with E-state index in [2.05, 4.69) is 5.32 Å². The number of hydrogen-bond acceptors (Lipinski definition) is 3. The highest BCUT2D eigenvalue weighted by molar-refractivity contribution is 6.11. The van der Waals surface area contributed by atoms with Crippen LogP contribution in [0.15, 0.2) is 48.5 Å². The largest absolute Gasteiger partial charge is 0.341 e. The number of rotatable bonds is 4. The Hall–Kier alpha value is -3.15. The Morgan fingerprint density at radius 2 is 1.66 bits per heavy atom. The van der Waals surface area contributed by atoms with E-state index in [4.69, 9.17) is 0 Å². The van der Waals surface area contributed by atoms with Gasteiger partial charge in [0.15, 0.2) is 5.54 Å². The van der Waals surface area contributed by atoms with Crippen LogP contribution in [0.4, 0.5) is 4.79 Å². The Balaban J connectivity index is 1.75. The molecule has 1 atom stereocenters. The molecular weight excluding hydrogens is 366 g/mol. The summed E-state index contributed by atoms with van der Waals surface area (Å²) in [5, 5.41) is 2.91. The number of benzene rings is 2. The topological polar surface area (TPSA) is 69.7 Å². The second kappa shape index (κ2) is 7.35. The summed E-state index contributed by atoms with van der Waals surface area (Å²) >= 11 is 0. The van der Waals surface area contributed by atoms with E-state index in [-0.39, 0.29) is 12.5 Å². The van der Waals surface area contributed by atoms with Crippen molar-refractivity contribution in [1.82, 2.24) is 15.1 Å². The van der Waals surface area contributed by atoms with Crippen LogP contribution >= 0.6 is 0 Å². The molecule has 150 valence electrons. The maximum atomic E-state index is 13.7. The third-order valence-electron chi connectivity index (χ3n) is 6.00. The monoisotopic (exact) mass is 391 g/mol. The summed E-state index contributed by atoms with van der Waals surface area (Å²) in [6.45, 7) is 5.12. The van der Waals surface area contributed by atoms with Gasteiger partial charge in [-0.3, -0.25) is 14.5 Å². The predicted octanol–water partition coefficient (Wildman–Crippen LogP) is 2.72. The van der Waals surface area contributed by atoms with E-state index in [1.165, 1.54) is 0 Å². The van der Waals surface area contributed by atoms with E-state index in [0.717, 1.165) is 28.9 Å². The standard InChI is InChI=1S/C23H25N3O3/c1-16-10-11-19(14-17(16)2)23(18-8-4-3-5-9-18)21(28)26(22(29)24-23)15-20(27)25-12-6-7-13-25/h3-5,8-11,14H,6-7,12-13,15H2,1-2H3,(H,24,29)/t23-/m0/s1. The maximum Gasteiger partial charge on any atom is 0.326 e. The highest BCUT2D eigenvalue weighted by Gasteiger charge is 2.54. The normalized spacial score (nSPS) is 21.6. The molecule has 2 saturated heterocycles. The predicted molar refractivity (Wildman–Crippen MR) is 109 cm³/mol. The first-order valence-corrected chi connectivity index (χ1v) is 9.98. The zero-order valence-corrected chi connectivity index (χ0v) is 16.8. The minimum atomic E-state index is -1.33. The average molecular weight is 391 g/mol. The molecule has 1 N–H and O–H groups in total. The summed E-state index contributed by atoms with van der Waals surface area (Å²) < 4.78 is 0. The third-order valence-corrected chi connectivity index (χ3v) is 6.00. The third kappa shape index (κ3) is 3.18. The molecule has 29 heavy (non-hydrogen) atoms. The number of amides is 4. The molecular formula is C23H25N3O3. The van der Waals surface area contributed by atoms with Gasteiger partial charge in [-0.05, 0) is 48.9 Å². The molecule has 0 aliphatic carbocycles. The SMILES string of the molecule is Cc1ccc([C@]2(c3ccccc3)NC(=O)N(CC(=O)N3CCCC3)C2=O)cc1C. The Bertz CT molecular complexity index is 967. The smallest absolute Gasteiger partial charge is 0.326 e. The van der Waals surface area contributed by atoms with Gasteiger partial charge in [0.2, 0.25) is 5.91 Å². The molecule has 0 aromatic heterocycles. The van der Waals surface area contributed by atoms with Gasteiger partial charge in [-0.25, -0.2) is 4.79 Å². The van der Waals surface area contributed by atoms with Crippen LogP contribution in [0.5, 0.6) is 0 Å². The summed E-state index contributed by atoms with van der Waals surface area (Å²) in [5.41, 5.74) is 2.18. The second-order valence-electron chi connectivity index (χ2n) is 7.82. The van der Waals surface area contributed by atoms with Crippen LogP contribution in [0.3, 0.4) is 0 Å². The zero-order chi connectivity index (χ0) is 20.6. The van der Waals surface area contributed by atoms with Crippen LogP contribution in [0.1, 0.15) is 35.1 Å². The number of urea groups is 1. The van der Waals surface area contributed by atoms with Crippen molar-refractivity contribution in [2.75, 3.05) is 19.6 Å². The molecule has 4 amide bonds. The van der Waals surface area contributed by atoms with E-state index in [1.54, 1.807) is 4.90 Å². The van der Waals surface area contributed by atoms with Crippen molar-refractivity contribution in [3.05, 3.63) is 70.8 Å². The molecule has 0 spiro atoms. The van der Waals surface area contributed by atoms with Crippen LogP contribution in [-0.4, -0.2) is 47.3 Å². The molecule has 2 aliphatic rings. The minimum Gasteiger partial charge on any atom is -0.341 e. The van der Waals surface area contributed by atoms with Gasteiger partial charge >= 0.3 is 6.03 Å². The fourth-order valence-corrected chi connectivity index (χ4v) is 4.14. The second-order valence-corrected chi connectivity index (χ2v) is 7.82. The van der Waals surface area contributed by atoms with Crippen molar-refractivity contribution in [3.63, 3.8) is 0 Å². The molecule has 0 bridgehead atoms. The highest BCUT2D eigenvalue weighted by atomic mass is 16.2. The van der Waals surface area contributed by atoms with Crippen LogP contribution in [0.2, 0.25) is 0 Å². The van der Waals surface area contributed by atoms with Crippen molar-refractivity contribution in [1.29, 1.82) is 0 Å². The van der Waals surface area contributed by atoms with E-state index < -0.39 is 17.5 Å². The molecule has 6 heteroatoms. The zero-order valence-electron chi connectivity index (χ0n) is 16.8. The Morgan fingerprint density at radius 3 is 2.31 bits per heavy atom. The van der Waals surface area contributed by atoms with Gasteiger partial charge in [0, 0.05) is 13.1 Å². The van der Waals surface area contributed by atoms with Crippen molar-refractivity contribution in [2.45, 2.75) is 32.2 Å². The summed E-state index contributed by atoms with van der Waals surface area (Å²) in [7, 11) is 0. The van der Waals surface area contributed by atoms with Crippen molar-refractivity contribution in [2.24, 2.45) is 0 Å². The molecule has 0 unspecified atom stereocenters. The fourth-order valence-electron chi connectivity index (χ4n) is 4.14. The Kier molecular flexibility index (Phi) is 4.86. The average Bonchev–Trinajstić information content (AvgIpc) is 3.34. The quantitative estimate of drug-likeness (QED) is 0.815. The Labute approximate surface area is 170 Å². The number of likely N-dealkylation sites (tertiary alicyclic amines) is 1. The molecule has 0 saturated carbocycles. The van der Waals surface area contributed by atoms with Gasteiger partial charge in [0.05, 0.1) is 0 Å². The summed E-state index contributed by atoms with van der Waals surface area (Å²) in [6, 6.07) is 14.4. The van der Waals surface area contributed by atoms with Crippen molar-refractivity contribution in [3.8, 4) is 0 Å². The number of carbonyl (C=O) groups is 3. The lowest BCUT2D eigenvalue weighted by Gasteiger charge is -2.28. The van der Waals surface area contributed by atoms with Gasteiger partial charge in [-0.2, -0.15) is 0 Å². The van der Waals surface area contributed by atoms with Crippen LogP contribution in [-0.2, 0) is 15.1 Å². The lowest BCUT2D eigenvalue weighted by molar-refractivity contribution is -0.138. The molecule has 2 aromatic rings. The number of nitrogens with zero attached hydrogens (tertiary/aromatic N) is 2. The lowest BCUT2D eigenvalue weighted by Crippen LogP contribution is -2.46. The van der Waals surface area contributed by atoms with Gasteiger partial charge in [-0.1, -0.05) is 48.5 Å². The molecule has 4 rings (SSSR count). The summed E-state index contributed by atoms with van der Waals surface area (Å²) in [5.74, 6) is -0.598. The van der Waals surface area contributed by atoms with Crippen molar-refractivity contribution >= 4 is 17.8 Å². The fraction of sp³-hybridized carbons (Fsp3) is 0.348. The first kappa shape index (κ1) is 19.2. The van der Waals surface area contributed by atoms with Gasteiger partial charge in [-0.15, -0.1) is 0 Å². The molecule has 0 radical (unpaired) electrons. The van der Waals surface area contributed by atoms with Crippen LogP contribution < -0.4 is 5.32 Å². The number of imide groups is 1. The molecule has 2 fully saturated rings. The van der Waals surface area contributed by atoms with E-state index in [9.17, 15) is 14.4 Å². The molecule has 6 nitrogen and oxygen atoms in total. The molecule has 2 aromatic carbocycles. The summed E-state index contributed by atoms with van der Waals surface area (Å²) in [4.78, 5) is 41.9. The van der Waals surface area contributed by atoms with E-state index >= 15 is 0 Å². The van der Waals surface area contributed by atoms with E-state index in [1.807, 2.05) is 62.4 Å². The van der Waals surface area contributed by atoms with Crippen LogP contribution in [0.25, 0.3) is 0 Å². The summed E-state index contributed by atoms with van der Waals surface area (Å²) in [6.07, 6.45) is 1.92. The first-order chi connectivity index (χ1) is 13.9. The van der Waals surface area contributed by atoms with Gasteiger partial charge < -0.3 is 10.2 Å². The maximum absolute atomic E-state index is 13.7. The number of carbonyl (C=O) groups excluding carboxylic acids is 3. The lowest BCUT2D eigenvalue weighted by atomic mass is 9.81. The van der Waals surface area contributed by atoms with Crippen LogP contribution in [0, 0.1) is 13.8 Å². The molecule has 2 heterocycles. The molecule has 2 aliphatic heterocycles. The first-order valence-electron chi connectivity index (χ1n) is 9.98. The van der Waals surface area contributed by atoms with Gasteiger partial charge in [0.1, 0.15) is 6.54 Å². The van der Waals surface area contributed by atoms with Gasteiger partial charge in [0.25, 0.3) is 5.91 Å².